The lowest BCUT2D eigenvalue weighted by molar-refractivity contribution is -0.137. The summed E-state index contributed by atoms with van der Waals surface area (Å²) in [5.74, 6) is 0.420. The summed E-state index contributed by atoms with van der Waals surface area (Å²) in [4.78, 5) is 27.6. The second-order valence-corrected chi connectivity index (χ2v) is 9.47. The number of nitrogens with zero attached hydrogens (tertiary/aromatic N) is 1. The highest BCUT2D eigenvalue weighted by Crippen LogP contribution is 2.30. The van der Waals surface area contributed by atoms with Crippen molar-refractivity contribution in [1.29, 1.82) is 0 Å². The van der Waals surface area contributed by atoms with E-state index in [2.05, 4.69) is 17.2 Å². The van der Waals surface area contributed by atoms with Gasteiger partial charge in [0.25, 0.3) is 0 Å². The van der Waals surface area contributed by atoms with Crippen molar-refractivity contribution in [2.24, 2.45) is 0 Å². The van der Waals surface area contributed by atoms with Crippen molar-refractivity contribution in [3.63, 3.8) is 0 Å². The number of rotatable bonds is 14. The van der Waals surface area contributed by atoms with Crippen LogP contribution in [0.1, 0.15) is 61.5 Å². The fourth-order valence-corrected chi connectivity index (χ4v) is 4.36. The molecular formula is C31H34N2O5. The van der Waals surface area contributed by atoms with E-state index in [-0.39, 0.29) is 24.7 Å². The average molecular weight is 515 g/mol. The molecule has 2 heterocycles. The fraction of sp³-hybridized carbons (Fsp3) is 0.323. The predicted octanol–water partition coefficient (Wildman–Crippen LogP) is 7.29. The summed E-state index contributed by atoms with van der Waals surface area (Å²) in [6.45, 7) is 4.56. The van der Waals surface area contributed by atoms with Gasteiger partial charge in [0.15, 0.2) is 5.78 Å². The number of hydrogen-bond donors (Lipinski definition) is 2. The van der Waals surface area contributed by atoms with Crippen LogP contribution < -0.4 is 10.1 Å². The number of furan rings is 1. The number of carboxylic acid groups (broad SMARTS) is 1. The lowest BCUT2D eigenvalue weighted by atomic mass is 10.0. The van der Waals surface area contributed by atoms with Crippen molar-refractivity contribution in [2.75, 3.05) is 11.9 Å². The van der Waals surface area contributed by atoms with Gasteiger partial charge in [-0.1, -0.05) is 38.0 Å². The van der Waals surface area contributed by atoms with Crippen molar-refractivity contribution in [3.05, 3.63) is 78.0 Å². The van der Waals surface area contributed by atoms with Crippen molar-refractivity contribution in [1.82, 2.24) is 4.98 Å². The Morgan fingerprint density at radius 1 is 1.03 bits per heavy atom. The van der Waals surface area contributed by atoms with Crippen LogP contribution in [-0.2, 0) is 4.79 Å². The highest BCUT2D eigenvalue weighted by molar-refractivity contribution is 5.96. The predicted molar refractivity (Wildman–Crippen MR) is 149 cm³/mol. The molecule has 0 aliphatic heterocycles. The molecule has 4 aromatic rings. The van der Waals surface area contributed by atoms with Gasteiger partial charge in [0, 0.05) is 41.1 Å². The number of carbonyl (C=O) groups excluding carboxylic acids is 1. The number of carboxylic acids is 1. The van der Waals surface area contributed by atoms with Gasteiger partial charge in [0.05, 0.1) is 11.7 Å². The summed E-state index contributed by atoms with van der Waals surface area (Å²) in [6, 6.07) is 21.2. The molecule has 7 heteroatoms. The second kappa shape index (κ2) is 12.9. The molecule has 7 nitrogen and oxygen atoms in total. The van der Waals surface area contributed by atoms with E-state index in [1.54, 1.807) is 12.1 Å². The van der Waals surface area contributed by atoms with E-state index in [1.165, 1.54) is 0 Å². The molecule has 0 aliphatic carbocycles. The van der Waals surface area contributed by atoms with E-state index in [9.17, 15) is 9.59 Å². The minimum Gasteiger partial charge on any atom is -0.481 e. The molecule has 4 rings (SSSR count). The van der Waals surface area contributed by atoms with Gasteiger partial charge in [0.1, 0.15) is 18.0 Å². The molecule has 0 radical (unpaired) electrons. The third-order valence-corrected chi connectivity index (χ3v) is 6.46. The van der Waals surface area contributed by atoms with Crippen molar-refractivity contribution < 1.29 is 23.8 Å². The molecule has 0 aliphatic rings. The number of unbranched alkanes of at least 4 members (excludes halogenated alkanes) is 1. The summed E-state index contributed by atoms with van der Waals surface area (Å²) in [7, 11) is 0. The second-order valence-electron chi connectivity index (χ2n) is 9.47. The van der Waals surface area contributed by atoms with Gasteiger partial charge in [-0.3, -0.25) is 9.59 Å². The van der Waals surface area contributed by atoms with Crippen LogP contribution in [0.2, 0.25) is 0 Å². The summed E-state index contributed by atoms with van der Waals surface area (Å²) in [6.07, 6.45) is 3.64. The molecule has 2 aromatic heterocycles. The molecular weight excluding hydrogens is 480 g/mol. The minimum absolute atomic E-state index is 0.00149. The number of pyridine rings is 1. The van der Waals surface area contributed by atoms with Gasteiger partial charge in [0.2, 0.25) is 5.88 Å². The van der Waals surface area contributed by atoms with E-state index in [4.69, 9.17) is 14.3 Å². The zero-order chi connectivity index (χ0) is 26.9. The number of aryl methyl sites for hydroxylation is 1. The Kier molecular flexibility index (Phi) is 9.14. The van der Waals surface area contributed by atoms with E-state index in [0.29, 0.717) is 24.5 Å². The first-order valence-electron chi connectivity index (χ1n) is 13.1. The number of ether oxygens (including phenoxy) is 1. The summed E-state index contributed by atoms with van der Waals surface area (Å²) in [5, 5.41) is 13.3. The number of Topliss-reactive ketones (excluding diaryl/α,β-unsaturated/α-hetero) is 1. The largest absolute Gasteiger partial charge is 0.481 e. The third-order valence-electron chi connectivity index (χ3n) is 6.46. The monoisotopic (exact) mass is 514 g/mol. The highest BCUT2D eigenvalue weighted by atomic mass is 16.5. The molecule has 38 heavy (non-hydrogen) atoms. The van der Waals surface area contributed by atoms with Crippen molar-refractivity contribution >= 4 is 28.4 Å². The Balaban J connectivity index is 1.36. The molecule has 2 aromatic carbocycles. The van der Waals surface area contributed by atoms with Crippen molar-refractivity contribution in [3.8, 4) is 17.2 Å². The molecule has 0 amide bonds. The van der Waals surface area contributed by atoms with Crippen LogP contribution in [-0.4, -0.2) is 34.5 Å². The number of hydrogen-bond acceptors (Lipinski definition) is 6. The Morgan fingerprint density at radius 3 is 2.53 bits per heavy atom. The maximum absolute atomic E-state index is 12.3. The minimum atomic E-state index is -0.884. The SMILES string of the molecule is CCCC[C@@H](COc1ccc(-c2cc3ccccc3o2)c(C)n1)Nc1ccc(C(=O)CCCC(=O)O)cc1. The molecule has 0 saturated carbocycles. The third kappa shape index (κ3) is 7.22. The lowest BCUT2D eigenvalue weighted by Crippen LogP contribution is -2.27. The van der Waals surface area contributed by atoms with Crippen LogP contribution in [0.3, 0.4) is 0 Å². The van der Waals surface area contributed by atoms with Gasteiger partial charge in [-0.05, 0) is 62.2 Å². The smallest absolute Gasteiger partial charge is 0.303 e. The normalized spacial score (nSPS) is 11.8. The molecule has 2 N–H and O–H groups in total. The molecule has 0 spiro atoms. The van der Waals surface area contributed by atoms with E-state index in [0.717, 1.165) is 52.9 Å². The molecule has 198 valence electrons. The first-order valence-corrected chi connectivity index (χ1v) is 13.1. The molecule has 0 unspecified atom stereocenters. The Bertz CT molecular complexity index is 1340. The van der Waals surface area contributed by atoms with Gasteiger partial charge in [-0.25, -0.2) is 4.98 Å². The molecule has 0 bridgehead atoms. The molecule has 0 saturated heterocycles. The lowest BCUT2D eigenvalue weighted by Gasteiger charge is -2.20. The fourth-order valence-electron chi connectivity index (χ4n) is 4.36. The van der Waals surface area contributed by atoms with Crippen LogP contribution in [0.15, 0.2) is 71.1 Å². The maximum Gasteiger partial charge on any atom is 0.303 e. The van der Waals surface area contributed by atoms with E-state index < -0.39 is 5.97 Å². The first-order chi connectivity index (χ1) is 18.4. The van der Waals surface area contributed by atoms with Gasteiger partial charge in [-0.2, -0.15) is 0 Å². The number of nitrogens with one attached hydrogen (secondary N) is 1. The number of anilines is 1. The number of aromatic nitrogens is 1. The Labute approximate surface area is 222 Å². The van der Waals surface area contributed by atoms with Crippen LogP contribution in [0.25, 0.3) is 22.3 Å². The first kappa shape index (κ1) is 26.9. The van der Waals surface area contributed by atoms with Crippen LogP contribution >= 0.6 is 0 Å². The Hall–Kier alpha value is -4.13. The zero-order valence-electron chi connectivity index (χ0n) is 21.9. The van der Waals surface area contributed by atoms with Gasteiger partial charge < -0.3 is 19.6 Å². The van der Waals surface area contributed by atoms with Crippen LogP contribution in [0.5, 0.6) is 5.88 Å². The van der Waals surface area contributed by atoms with Crippen LogP contribution in [0, 0.1) is 6.92 Å². The quantitative estimate of drug-likeness (QED) is 0.170. The van der Waals surface area contributed by atoms with E-state index >= 15 is 0 Å². The average Bonchev–Trinajstić information content (AvgIpc) is 3.34. The highest BCUT2D eigenvalue weighted by Gasteiger charge is 2.14. The number of para-hydroxylation sites is 1. The van der Waals surface area contributed by atoms with Crippen LogP contribution in [0.4, 0.5) is 5.69 Å². The topological polar surface area (TPSA) is 102 Å². The standard InChI is InChI=1S/C31H34N2O5/c1-3-4-9-25(33-24-15-13-22(14-16-24)27(34)10-7-12-31(35)36)20-37-30-18-17-26(21(2)32-30)29-19-23-8-5-6-11-28(23)38-29/h5-6,8,11,13-19,25,33H,3-4,7,9-10,12,20H2,1-2H3,(H,35,36)/t25-/m0/s1. The maximum atomic E-state index is 12.3. The number of fused-ring (bicyclic) bond motifs is 1. The zero-order valence-corrected chi connectivity index (χ0v) is 21.9. The van der Waals surface area contributed by atoms with Gasteiger partial charge in [-0.15, -0.1) is 0 Å². The Morgan fingerprint density at radius 2 is 1.82 bits per heavy atom. The van der Waals surface area contributed by atoms with E-state index in [1.807, 2.05) is 61.5 Å². The number of ketones is 1. The number of aliphatic carboxylic acids is 1. The summed E-state index contributed by atoms with van der Waals surface area (Å²) >= 11 is 0. The summed E-state index contributed by atoms with van der Waals surface area (Å²) < 4.78 is 12.1. The van der Waals surface area contributed by atoms with Gasteiger partial charge >= 0.3 is 5.97 Å². The molecule has 0 fully saturated rings. The molecule has 1 atom stereocenters. The summed E-state index contributed by atoms with van der Waals surface area (Å²) in [5.41, 5.74) is 4.12. The van der Waals surface area contributed by atoms with Crippen molar-refractivity contribution in [2.45, 2.75) is 58.4 Å². The number of benzene rings is 2. The number of carbonyl (C=O) groups is 2.